The maximum absolute atomic E-state index is 13.4. The molecule has 0 aliphatic heterocycles. The van der Waals surface area contributed by atoms with Crippen LogP contribution in [0.3, 0.4) is 0 Å². The molecule has 13 heteroatoms. The zero-order valence-electron chi connectivity index (χ0n) is 29.8. The number of ether oxygens (including phenoxy) is 4. The summed E-state index contributed by atoms with van der Waals surface area (Å²) < 4.78 is 35.2. The molecule has 0 radical (unpaired) electrons. The Hall–Kier alpha value is -6.37. The number of esters is 1. The Morgan fingerprint density at radius 2 is 1.60 bits per heavy atom. The SMILES string of the molecule is COC(=O)n1cc(-c2cnc(-c3coc([C@@H](NC(=O)OC(C)(C)C)C(C)C)n3)o2)c2c(-c3ccccc3OC(=O)c3ccccc3OC)cccc21. The van der Waals surface area contributed by atoms with Crippen LogP contribution < -0.4 is 14.8 Å². The number of oxazole rings is 2. The van der Waals surface area contributed by atoms with Crippen molar-refractivity contribution in [3.8, 4) is 45.5 Å². The molecule has 1 atom stereocenters. The molecule has 6 rings (SSSR count). The van der Waals surface area contributed by atoms with Crippen molar-refractivity contribution in [2.24, 2.45) is 5.92 Å². The van der Waals surface area contributed by atoms with E-state index in [2.05, 4.69) is 15.3 Å². The van der Waals surface area contributed by atoms with Crippen molar-refractivity contribution in [3.05, 3.63) is 96.8 Å². The van der Waals surface area contributed by atoms with E-state index >= 15 is 0 Å². The van der Waals surface area contributed by atoms with Crippen LogP contribution in [-0.2, 0) is 9.47 Å². The second-order valence-electron chi connectivity index (χ2n) is 13.1. The predicted molar refractivity (Wildman–Crippen MR) is 191 cm³/mol. The fourth-order valence-corrected chi connectivity index (χ4v) is 5.69. The van der Waals surface area contributed by atoms with E-state index in [0.717, 1.165) is 0 Å². The number of aromatic nitrogens is 3. The van der Waals surface area contributed by atoms with Gasteiger partial charge in [0.1, 0.15) is 35.0 Å². The number of carbonyl (C=O) groups excluding carboxylic acids is 3. The molecule has 0 saturated carbocycles. The van der Waals surface area contributed by atoms with Gasteiger partial charge in [-0.3, -0.25) is 4.57 Å². The van der Waals surface area contributed by atoms with Crippen LogP contribution in [0.1, 0.15) is 56.9 Å². The Balaban J connectivity index is 1.39. The van der Waals surface area contributed by atoms with Crippen molar-refractivity contribution in [1.82, 2.24) is 19.9 Å². The van der Waals surface area contributed by atoms with E-state index in [-0.39, 0.29) is 29.0 Å². The summed E-state index contributed by atoms with van der Waals surface area (Å²) in [4.78, 5) is 48.0. The number of nitrogens with one attached hydrogen (secondary N) is 1. The Morgan fingerprint density at radius 1 is 0.885 bits per heavy atom. The zero-order valence-corrected chi connectivity index (χ0v) is 29.8. The van der Waals surface area contributed by atoms with E-state index < -0.39 is 29.8 Å². The number of para-hydroxylation sites is 2. The van der Waals surface area contributed by atoms with Crippen molar-refractivity contribution >= 4 is 29.1 Å². The second kappa shape index (κ2) is 14.5. The van der Waals surface area contributed by atoms with Crippen LogP contribution in [0.5, 0.6) is 11.5 Å². The molecule has 52 heavy (non-hydrogen) atoms. The summed E-state index contributed by atoms with van der Waals surface area (Å²) in [6.07, 6.45) is 3.29. The molecule has 0 aliphatic rings. The number of nitrogens with zero attached hydrogens (tertiary/aromatic N) is 3. The van der Waals surface area contributed by atoms with Crippen LogP contribution in [-0.4, -0.2) is 52.5 Å². The number of methoxy groups -OCH3 is 2. The second-order valence-corrected chi connectivity index (χ2v) is 13.1. The van der Waals surface area contributed by atoms with E-state index in [1.165, 1.54) is 31.2 Å². The number of benzene rings is 3. The van der Waals surface area contributed by atoms with Gasteiger partial charge in [-0.05, 0) is 56.5 Å². The quantitative estimate of drug-likeness (QED) is 0.113. The summed E-state index contributed by atoms with van der Waals surface area (Å²) in [7, 11) is 2.78. The van der Waals surface area contributed by atoms with E-state index in [4.69, 9.17) is 27.8 Å². The molecule has 0 aliphatic carbocycles. The Kier molecular flexibility index (Phi) is 9.86. The summed E-state index contributed by atoms with van der Waals surface area (Å²) in [5.41, 5.74) is 2.13. The van der Waals surface area contributed by atoms with Crippen LogP contribution in [0.2, 0.25) is 0 Å². The van der Waals surface area contributed by atoms with Crippen molar-refractivity contribution in [2.45, 2.75) is 46.3 Å². The molecule has 3 heterocycles. The highest BCUT2D eigenvalue weighted by atomic mass is 16.6. The average molecular weight is 707 g/mol. The van der Waals surface area contributed by atoms with Crippen LogP contribution in [0, 0.1) is 5.92 Å². The van der Waals surface area contributed by atoms with Crippen molar-refractivity contribution < 1.29 is 42.2 Å². The normalized spacial score (nSPS) is 12.1. The summed E-state index contributed by atoms with van der Waals surface area (Å²) >= 11 is 0. The number of fused-ring (bicyclic) bond motifs is 1. The molecular weight excluding hydrogens is 668 g/mol. The van der Waals surface area contributed by atoms with Gasteiger partial charge in [-0.25, -0.2) is 24.4 Å². The first-order valence-electron chi connectivity index (χ1n) is 16.5. The molecule has 0 fully saturated rings. The van der Waals surface area contributed by atoms with Gasteiger partial charge >= 0.3 is 18.2 Å². The summed E-state index contributed by atoms with van der Waals surface area (Å²) in [5.74, 6) is 0.693. The number of rotatable bonds is 9. The molecule has 1 N–H and O–H groups in total. The lowest BCUT2D eigenvalue weighted by molar-refractivity contribution is 0.0478. The van der Waals surface area contributed by atoms with E-state index in [1.807, 2.05) is 32.0 Å². The number of alkyl carbamates (subject to hydrolysis) is 1. The Bertz CT molecular complexity index is 2260. The summed E-state index contributed by atoms with van der Waals surface area (Å²) in [5, 5.41) is 3.43. The Labute approximate surface area is 299 Å². The highest BCUT2D eigenvalue weighted by molar-refractivity contribution is 6.09. The van der Waals surface area contributed by atoms with Crippen LogP contribution in [0.4, 0.5) is 9.59 Å². The zero-order chi connectivity index (χ0) is 37.2. The average Bonchev–Trinajstić information content (AvgIpc) is 3.88. The molecule has 268 valence electrons. The largest absolute Gasteiger partial charge is 0.496 e. The first-order chi connectivity index (χ1) is 24.9. The minimum atomic E-state index is -0.679. The highest BCUT2D eigenvalue weighted by Crippen LogP contribution is 2.42. The molecule has 13 nitrogen and oxygen atoms in total. The number of amides is 1. The van der Waals surface area contributed by atoms with Gasteiger partial charge in [0, 0.05) is 22.7 Å². The number of carbonyl (C=O) groups is 3. The molecule has 0 unspecified atom stereocenters. The van der Waals surface area contributed by atoms with Crippen molar-refractivity contribution in [2.75, 3.05) is 14.2 Å². The predicted octanol–water partition coefficient (Wildman–Crippen LogP) is 8.68. The lowest BCUT2D eigenvalue weighted by Gasteiger charge is -2.24. The first-order valence-corrected chi connectivity index (χ1v) is 16.5. The molecule has 0 bridgehead atoms. The van der Waals surface area contributed by atoms with Gasteiger partial charge in [-0.2, -0.15) is 0 Å². The van der Waals surface area contributed by atoms with Crippen LogP contribution in [0.15, 0.2) is 94.2 Å². The fraction of sp³-hybridized carbons (Fsp3) is 0.256. The van der Waals surface area contributed by atoms with Gasteiger partial charge < -0.3 is 33.1 Å². The maximum atomic E-state index is 13.4. The monoisotopic (exact) mass is 706 g/mol. The van der Waals surface area contributed by atoms with E-state index in [9.17, 15) is 14.4 Å². The fourth-order valence-electron chi connectivity index (χ4n) is 5.69. The lowest BCUT2D eigenvalue weighted by Crippen LogP contribution is -2.37. The van der Waals surface area contributed by atoms with Crippen LogP contribution in [0.25, 0.3) is 44.9 Å². The van der Waals surface area contributed by atoms with Crippen molar-refractivity contribution in [1.29, 1.82) is 0 Å². The molecule has 1 amide bonds. The minimum absolute atomic E-state index is 0.0844. The molecular formula is C39H38N4O9. The number of hydrogen-bond acceptors (Lipinski definition) is 11. The Morgan fingerprint density at radius 3 is 2.31 bits per heavy atom. The highest BCUT2D eigenvalue weighted by Gasteiger charge is 2.28. The van der Waals surface area contributed by atoms with Gasteiger partial charge in [0.25, 0.3) is 0 Å². The topological polar surface area (TPSA) is 157 Å². The lowest BCUT2D eigenvalue weighted by atomic mass is 9.97. The smallest absolute Gasteiger partial charge is 0.418 e. The first kappa shape index (κ1) is 35.5. The number of hydrogen-bond donors (Lipinski definition) is 1. The van der Waals surface area contributed by atoms with E-state index in [1.54, 1.807) is 75.5 Å². The van der Waals surface area contributed by atoms with Gasteiger partial charge in [0.15, 0.2) is 11.5 Å². The van der Waals surface area contributed by atoms with Gasteiger partial charge in [-0.1, -0.05) is 56.3 Å². The molecule has 3 aromatic carbocycles. The third-order valence-electron chi connectivity index (χ3n) is 8.02. The third kappa shape index (κ3) is 7.24. The van der Waals surface area contributed by atoms with Crippen molar-refractivity contribution in [3.63, 3.8) is 0 Å². The molecule has 3 aromatic heterocycles. The van der Waals surface area contributed by atoms with Gasteiger partial charge in [0.05, 0.1) is 25.9 Å². The standard InChI is InChI=1S/C39H38N4O9/c1-22(2)33(42-37(45)52-39(3,4)5)35-41-27(21-49-35)34-40-19-31(50-34)26-20-43(38(46)48-7)28-16-12-15-24(32(26)28)23-13-8-11-18-30(23)51-36(44)25-14-9-10-17-29(25)47-6/h8-22,33H,1-7H3,(H,42,45)/t33-/m0/s1. The summed E-state index contributed by atoms with van der Waals surface area (Å²) in [6, 6.07) is 18.7. The van der Waals surface area contributed by atoms with Gasteiger partial charge in [0.2, 0.25) is 11.8 Å². The van der Waals surface area contributed by atoms with Crippen LogP contribution >= 0.6 is 0 Å². The summed E-state index contributed by atoms with van der Waals surface area (Å²) in [6.45, 7) is 9.18. The minimum Gasteiger partial charge on any atom is -0.496 e. The maximum Gasteiger partial charge on any atom is 0.418 e. The molecule has 0 spiro atoms. The molecule has 6 aromatic rings. The van der Waals surface area contributed by atoms with E-state index in [0.29, 0.717) is 44.8 Å². The third-order valence-corrected chi connectivity index (χ3v) is 8.02. The molecule has 0 saturated heterocycles. The van der Waals surface area contributed by atoms with Gasteiger partial charge in [-0.15, -0.1) is 0 Å².